The number of imidazole rings is 1. The first-order valence-corrected chi connectivity index (χ1v) is 12.9. The second-order valence-electron chi connectivity index (χ2n) is 9.42. The van der Waals surface area contributed by atoms with E-state index >= 15 is 0 Å². The monoisotopic (exact) mass is 499 g/mol. The first-order chi connectivity index (χ1) is 18.8. The fourth-order valence-electron chi connectivity index (χ4n) is 5.05. The van der Waals surface area contributed by atoms with Crippen LogP contribution in [-0.4, -0.2) is 34.0 Å². The number of H-pyrrole nitrogens is 1. The number of nitrogens with zero attached hydrogens (tertiary/aromatic N) is 4. The highest BCUT2D eigenvalue weighted by Crippen LogP contribution is 2.33. The van der Waals surface area contributed by atoms with Crippen molar-refractivity contribution < 1.29 is 4.79 Å². The van der Waals surface area contributed by atoms with Gasteiger partial charge in [0.15, 0.2) is 0 Å². The number of hydrogen-bond donors (Lipinski definition) is 1. The van der Waals surface area contributed by atoms with Gasteiger partial charge in [-0.2, -0.15) is 0 Å². The molecule has 5 aromatic rings. The summed E-state index contributed by atoms with van der Waals surface area (Å²) < 4.78 is 0. The standard InChI is InChI=1S/C32H29N5O/c38-32(37(29-12-6-2-7-13-29)30-14-8-3-9-15-30)36-19-18-35(23-28-21-33-24-34-28)31-17-16-26(20-27(31)22-36)25-10-4-1-5-11-25/h1-17,20-21,24H,18-19,22-23H2,(H,33,34). The van der Waals surface area contributed by atoms with E-state index in [1.165, 1.54) is 0 Å². The van der Waals surface area contributed by atoms with Crippen molar-refractivity contribution in [3.05, 3.63) is 133 Å². The van der Waals surface area contributed by atoms with Crippen LogP contribution in [0.15, 0.2) is 122 Å². The number of para-hydroxylation sites is 2. The van der Waals surface area contributed by atoms with Crippen LogP contribution in [0.1, 0.15) is 11.3 Å². The third-order valence-electron chi connectivity index (χ3n) is 6.93. The fourth-order valence-corrected chi connectivity index (χ4v) is 5.05. The third kappa shape index (κ3) is 4.89. The normalized spacial score (nSPS) is 13.1. The number of hydrogen-bond acceptors (Lipinski definition) is 3. The molecule has 1 N–H and O–H groups in total. The van der Waals surface area contributed by atoms with Crippen molar-refractivity contribution in [3.8, 4) is 11.1 Å². The first kappa shape index (κ1) is 23.6. The third-order valence-corrected chi connectivity index (χ3v) is 6.93. The molecular formula is C32H29N5O. The summed E-state index contributed by atoms with van der Waals surface area (Å²) in [6.45, 7) is 2.52. The molecule has 0 aliphatic carbocycles. The molecule has 0 saturated heterocycles. The van der Waals surface area contributed by atoms with Gasteiger partial charge in [0.1, 0.15) is 0 Å². The highest BCUT2D eigenvalue weighted by atomic mass is 16.2. The molecule has 2 amide bonds. The zero-order valence-corrected chi connectivity index (χ0v) is 21.1. The minimum absolute atomic E-state index is 0.0399. The molecule has 6 nitrogen and oxygen atoms in total. The van der Waals surface area contributed by atoms with Gasteiger partial charge in [-0.1, -0.05) is 72.8 Å². The van der Waals surface area contributed by atoms with Gasteiger partial charge in [0.05, 0.1) is 29.9 Å². The molecular weight excluding hydrogens is 470 g/mol. The summed E-state index contributed by atoms with van der Waals surface area (Å²) in [5, 5.41) is 0. The van der Waals surface area contributed by atoms with Gasteiger partial charge < -0.3 is 14.8 Å². The van der Waals surface area contributed by atoms with Crippen molar-refractivity contribution in [2.24, 2.45) is 0 Å². The van der Waals surface area contributed by atoms with Crippen LogP contribution in [0.5, 0.6) is 0 Å². The van der Waals surface area contributed by atoms with E-state index in [9.17, 15) is 4.79 Å². The molecule has 0 saturated carbocycles. The first-order valence-electron chi connectivity index (χ1n) is 12.9. The second kappa shape index (κ2) is 10.6. The van der Waals surface area contributed by atoms with Crippen LogP contribution < -0.4 is 9.80 Å². The Balaban J connectivity index is 1.38. The summed E-state index contributed by atoms with van der Waals surface area (Å²) in [6.07, 6.45) is 3.57. The number of benzene rings is 4. The number of nitrogens with one attached hydrogen (secondary N) is 1. The van der Waals surface area contributed by atoms with Gasteiger partial charge >= 0.3 is 6.03 Å². The van der Waals surface area contributed by atoms with Gasteiger partial charge in [0.2, 0.25) is 0 Å². The summed E-state index contributed by atoms with van der Waals surface area (Å²) >= 11 is 0. The predicted molar refractivity (Wildman–Crippen MR) is 152 cm³/mol. The molecule has 38 heavy (non-hydrogen) atoms. The van der Waals surface area contributed by atoms with Crippen LogP contribution >= 0.6 is 0 Å². The largest absolute Gasteiger partial charge is 0.364 e. The van der Waals surface area contributed by atoms with Gasteiger partial charge in [0, 0.05) is 31.5 Å². The summed E-state index contributed by atoms with van der Waals surface area (Å²) in [4.78, 5) is 27.8. The van der Waals surface area contributed by atoms with E-state index in [0.717, 1.165) is 39.4 Å². The Labute approximate surface area is 222 Å². The molecule has 0 atom stereocenters. The Kier molecular flexibility index (Phi) is 6.60. The molecule has 1 aromatic heterocycles. The maximum Gasteiger partial charge on any atom is 0.329 e. The molecule has 1 aliphatic heterocycles. The maximum absolute atomic E-state index is 14.3. The molecule has 4 aromatic carbocycles. The van der Waals surface area contributed by atoms with E-state index in [0.29, 0.717) is 26.2 Å². The van der Waals surface area contributed by atoms with Crippen molar-refractivity contribution in [3.63, 3.8) is 0 Å². The Bertz CT molecular complexity index is 1450. The second-order valence-corrected chi connectivity index (χ2v) is 9.42. The zero-order chi connectivity index (χ0) is 25.7. The summed E-state index contributed by atoms with van der Waals surface area (Å²) in [7, 11) is 0. The minimum Gasteiger partial charge on any atom is -0.364 e. The van der Waals surface area contributed by atoms with Crippen LogP contribution in [0.2, 0.25) is 0 Å². The minimum atomic E-state index is -0.0399. The Morgan fingerprint density at radius 2 is 1.45 bits per heavy atom. The van der Waals surface area contributed by atoms with Crippen molar-refractivity contribution in [1.29, 1.82) is 0 Å². The van der Waals surface area contributed by atoms with Crippen LogP contribution in [0.3, 0.4) is 0 Å². The van der Waals surface area contributed by atoms with Crippen LogP contribution in [0.4, 0.5) is 21.9 Å². The average Bonchev–Trinajstić information content (AvgIpc) is 3.42. The topological polar surface area (TPSA) is 55.5 Å². The molecule has 0 bridgehead atoms. The molecule has 0 unspecified atom stereocenters. The highest BCUT2D eigenvalue weighted by molar-refractivity contribution is 5.99. The number of carbonyl (C=O) groups excluding carboxylic acids is 1. The number of urea groups is 1. The smallest absolute Gasteiger partial charge is 0.329 e. The Morgan fingerprint density at radius 1 is 0.789 bits per heavy atom. The molecule has 6 rings (SSSR count). The number of amides is 2. The molecule has 188 valence electrons. The Morgan fingerprint density at radius 3 is 2.08 bits per heavy atom. The van der Waals surface area contributed by atoms with Crippen LogP contribution in [0.25, 0.3) is 11.1 Å². The fraction of sp³-hybridized carbons (Fsp3) is 0.125. The van der Waals surface area contributed by atoms with Crippen molar-refractivity contribution in [1.82, 2.24) is 14.9 Å². The van der Waals surface area contributed by atoms with E-state index < -0.39 is 0 Å². The van der Waals surface area contributed by atoms with E-state index in [-0.39, 0.29) is 6.03 Å². The maximum atomic E-state index is 14.3. The van der Waals surface area contributed by atoms with Crippen LogP contribution in [-0.2, 0) is 13.1 Å². The lowest BCUT2D eigenvalue weighted by molar-refractivity contribution is 0.207. The van der Waals surface area contributed by atoms with Gasteiger partial charge in [-0.3, -0.25) is 4.90 Å². The van der Waals surface area contributed by atoms with E-state index in [4.69, 9.17) is 0 Å². The lowest BCUT2D eigenvalue weighted by atomic mass is 10.0. The van der Waals surface area contributed by atoms with Gasteiger partial charge in [-0.15, -0.1) is 0 Å². The number of aromatic nitrogens is 2. The molecule has 0 fully saturated rings. The van der Waals surface area contributed by atoms with E-state index in [1.54, 1.807) is 6.33 Å². The number of carbonyl (C=O) groups is 1. The molecule has 2 heterocycles. The predicted octanol–water partition coefficient (Wildman–Crippen LogP) is 6.86. The molecule has 1 aliphatic rings. The number of aromatic amines is 1. The van der Waals surface area contributed by atoms with Gasteiger partial charge in [0.25, 0.3) is 0 Å². The van der Waals surface area contributed by atoms with Gasteiger partial charge in [-0.25, -0.2) is 9.78 Å². The van der Waals surface area contributed by atoms with E-state index in [2.05, 4.69) is 57.3 Å². The summed E-state index contributed by atoms with van der Waals surface area (Å²) in [5.74, 6) is 0. The zero-order valence-electron chi connectivity index (χ0n) is 21.1. The Hall–Kier alpha value is -4.84. The summed E-state index contributed by atoms with van der Waals surface area (Å²) in [6, 6.07) is 36.7. The van der Waals surface area contributed by atoms with Gasteiger partial charge in [-0.05, 0) is 53.1 Å². The molecule has 0 spiro atoms. The van der Waals surface area contributed by atoms with Crippen molar-refractivity contribution in [2.45, 2.75) is 13.1 Å². The molecule has 0 radical (unpaired) electrons. The van der Waals surface area contributed by atoms with Crippen molar-refractivity contribution >= 4 is 23.1 Å². The number of fused-ring (bicyclic) bond motifs is 1. The summed E-state index contributed by atoms with van der Waals surface area (Å²) in [5.41, 5.74) is 7.30. The molecule has 6 heteroatoms. The van der Waals surface area contributed by atoms with Crippen LogP contribution in [0, 0.1) is 0 Å². The lowest BCUT2D eigenvalue weighted by Crippen LogP contribution is -2.42. The number of rotatable bonds is 5. The van der Waals surface area contributed by atoms with E-state index in [1.807, 2.05) is 82.7 Å². The number of anilines is 3. The highest BCUT2D eigenvalue weighted by Gasteiger charge is 2.28. The SMILES string of the molecule is O=C(N1CCN(Cc2cnc[nH]2)c2ccc(-c3ccccc3)cc2C1)N(c1ccccc1)c1ccccc1. The lowest BCUT2D eigenvalue weighted by Gasteiger charge is -2.30. The van der Waals surface area contributed by atoms with Crippen molar-refractivity contribution in [2.75, 3.05) is 22.9 Å². The quantitative estimate of drug-likeness (QED) is 0.287. The average molecular weight is 500 g/mol.